The average Bonchev–Trinajstić information content (AvgIpc) is 3.04. The summed E-state index contributed by atoms with van der Waals surface area (Å²) in [5, 5.41) is 11.2. The van der Waals surface area contributed by atoms with Crippen molar-refractivity contribution in [1.29, 1.82) is 0 Å². The Balaban J connectivity index is 2.33. The molecule has 0 saturated carbocycles. The first-order valence-corrected chi connectivity index (χ1v) is 7.80. The van der Waals surface area contributed by atoms with Gasteiger partial charge in [0, 0.05) is 19.2 Å². The molecule has 0 atom stereocenters. The van der Waals surface area contributed by atoms with Gasteiger partial charge in [-0.2, -0.15) is 13.5 Å². The van der Waals surface area contributed by atoms with Crippen LogP contribution in [0.15, 0.2) is 17.3 Å². The average molecular weight is 328 g/mol. The van der Waals surface area contributed by atoms with E-state index < -0.39 is 16.0 Å². The molecule has 10 nitrogen and oxygen atoms in total. The van der Waals surface area contributed by atoms with Crippen LogP contribution in [0.25, 0.3) is 0 Å². The molecule has 0 aliphatic heterocycles. The van der Waals surface area contributed by atoms with Crippen LogP contribution < -0.4 is 4.72 Å². The molecule has 0 aliphatic rings. The second-order valence-electron chi connectivity index (χ2n) is 4.75. The van der Waals surface area contributed by atoms with Crippen LogP contribution in [-0.2, 0) is 21.8 Å². The summed E-state index contributed by atoms with van der Waals surface area (Å²) < 4.78 is 34.1. The summed E-state index contributed by atoms with van der Waals surface area (Å²) in [4.78, 5) is 11.5. The fourth-order valence-corrected chi connectivity index (χ4v) is 2.95. The Hall–Kier alpha value is -2.43. The zero-order valence-electron chi connectivity index (χ0n) is 12.5. The largest absolute Gasteiger partial charge is 0.464 e. The zero-order chi connectivity index (χ0) is 16.5. The summed E-state index contributed by atoms with van der Waals surface area (Å²) >= 11 is 0. The molecular formula is C11H16N6O4S. The molecule has 2 aromatic heterocycles. The highest BCUT2D eigenvalue weighted by atomic mass is 32.2. The number of carbonyl (C=O) groups excluding carboxylic acids is 1. The molecule has 0 saturated heterocycles. The van der Waals surface area contributed by atoms with Crippen molar-refractivity contribution in [1.82, 2.24) is 24.8 Å². The number of nitrogens with zero attached hydrogens (tertiary/aromatic N) is 5. The number of sulfonamides is 1. The number of rotatable bonds is 5. The van der Waals surface area contributed by atoms with Crippen molar-refractivity contribution in [2.75, 3.05) is 11.8 Å². The third-order valence-electron chi connectivity index (χ3n) is 2.82. The van der Waals surface area contributed by atoms with Crippen LogP contribution in [0, 0.1) is 0 Å². The SMILES string of the molecule is COC(=O)c1cc(NS(=O)(=O)c2cnnn2C(C)C)nn1C. The van der Waals surface area contributed by atoms with Crippen LogP contribution in [0.4, 0.5) is 5.82 Å². The van der Waals surface area contributed by atoms with Gasteiger partial charge in [0.2, 0.25) is 0 Å². The lowest BCUT2D eigenvalue weighted by Gasteiger charge is -2.10. The number of anilines is 1. The van der Waals surface area contributed by atoms with Crippen LogP contribution >= 0.6 is 0 Å². The van der Waals surface area contributed by atoms with E-state index in [0.717, 1.165) is 6.20 Å². The van der Waals surface area contributed by atoms with Gasteiger partial charge in [-0.15, -0.1) is 5.10 Å². The molecule has 0 fully saturated rings. The zero-order valence-corrected chi connectivity index (χ0v) is 13.3. The summed E-state index contributed by atoms with van der Waals surface area (Å²) in [7, 11) is -1.19. The number of nitrogens with one attached hydrogen (secondary N) is 1. The van der Waals surface area contributed by atoms with Gasteiger partial charge in [0.1, 0.15) is 5.69 Å². The van der Waals surface area contributed by atoms with Crippen LogP contribution in [0.1, 0.15) is 30.4 Å². The Morgan fingerprint density at radius 3 is 2.68 bits per heavy atom. The predicted octanol–water partition coefficient (Wildman–Crippen LogP) is 0.180. The number of aromatic nitrogens is 5. The molecule has 120 valence electrons. The molecule has 0 aromatic carbocycles. The van der Waals surface area contributed by atoms with Crippen molar-refractivity contribution in [2.24, 2.45) is 7.05 Å². The summed E-state index contributed by atoms with van der Waals surface area (Å²) in [5.41, 5.74) is 0.121. The van der Waals surface area contributed by atoms with E-state index in [4.69, 9.17) is 0 Å². The first-order chi connectivity index (χ1) is 10.3. The Bertz CT molecular complexity index is 791. The molecule has 22 heavy (non-hydrogen) atoms. The molecule has 2 heterocycles. The van der Waals surface area contributed by atoms with E-state index >= 15 is 0 Å². The second-order valence-corrected chi connectivity index (χ2v) is 6.38. The van der Waals surface area contributed by atoms with Gasteiger partial charge in [0.05, 0.1) is 13.3 Å². The number of methoxy groups -OCH3 is 1. The highest BCUT2D eigenvalue weighted by Crippen LogP contribution is 2.17. The van der Waals surface area contributed by atoms with Gasteiger partial charge in [-0.3, -0.25) is 9.40 Å². The lowest BCUT2D eigenvalue weighted by atomic mass is 10.4. The molecule has 0 unspecified atom stereocenters. The van der Waals surface area contributed by atoms with E-state index in [-0.39, 0.29) is 22.6 Å². The van der Waals surface area contributed by atoms with Crippen molar-refractivity contribution in [3.8, 4) is 0 Å². The molecular weight excluding hydrogens is 312 g/mol. The van der Waals surface area contributed by atoms with Gasteiger partial charge < -0.3 is 4.74 Å². The molecule has 2 rings (SSSR count). The van der Waals surface area contributed by atoms with Crippen molar-refractivity contribution in [2.45, 2.75) is 24.9 Å². The van der Waals surface area contributed by atoms with Gasteiger partial charge in [0.15, 0.2) is 10.8 Å². The molecule has 0 radical (unpaired) electrons. The minimum atomic E-state index is -3.92. The summed E-state index contributed by atoms with van der Waals surface area (Å²) in [6.07, 6.45) is 1.15. The molecule has 1 N–H and O–H groups in total. The smallest absolute Gasteiger partial charge is 0.356 e. The lowest BCUT2D eigenvalue weighted by Crippen LogP contribution is -2.19. The van der Waals surface area contributed by atoms with Crippen LogP contribution in [-0.4, -0.2) is 46.3 Å². The Labute approximate surface area is 127 Å². The molecule has 0 bridgehead atoms. The number of carbonyl (C=O) groups is 1. The minimum Gasteiger partial charge on any atom is -0.464 e. The minimum absolute atomic E-state index is 0.000550. The third kappa shape index (κ3) is 2.93. The van der Waals surface area contributed by atoms with Gasteiger partial charge in [-0.05, 0) is 13.8 Å². The van der Waals surface area contributed by atoms with Crippen molar-refractivity contribution < 1.29 is 17.9 Å². The lowest BCUT2D eigenvalue weighted by molar-refractivity contribution is 0.0588. The second kappa shape index (κ2) is 5.75. The van der Waals surface area contributed by atoms with Crippen LogP contribution in [0.2, 0.25) is 0 Å². The summed E-state index contributed by atoms with van der Waals surface area (Å²) in [5.74, 6) is -0.617. The normalized spacial score (nSPS) is 11.7. The monoisotopic (exact) mass is 328 g/mol. The summed E-state index contributed by atoms with van der Waals surface area (Å²) in [6.45, 7) is 3.56. The Morgan fingerprint density at radius 1 is 1.41 bits per heavy atom. The van der Waals surface area contributed by atoms with Crippen molar-refractivity contribution in [3.05, 3.63) is 18.0 Å². The van der Waals surface area contributed by atoms with E-state index in [1.54, 1.807) is 13.8 Å². The van der Waals surface area contributed by atoms with E-state index in [9.17, 15) is 13.2 Å². The van der Waals surface area contributed by atoms with E-state index in [0.29, 0.717) is 0 Å². The van der Waals surface area contributed by atoms with E-state index in [1.165, 1.54) is 29.6 Å². The molecule has 11 heteroatoms. The topological polar surface area (TPSA) is 121 Å². The molecule has 0 aliphatic carbocycles. The maximum atomic E-state index is 12.4. The number of aryl methyl sites for hydroxylation is 1. The number of esters is 1. The molecule has 2 aromatic rings. The maximum Gasteiger partial charge on any atom is 0.356 e. The first kappa shape index (κ1) is 15.9. The highest BCUT2D eigenvalue weighted by Gasteiger charge is 2.24. The Morgan fingerprint density at radius 2 is 2.09 bits per heavy atom. The predicted molar refractivity (Wildman–Crippen MR) is 75.8 cm³/mol. The van der Waals surface area contributed by atoms with Gasteiger partial charge in [-0.1, -0.05) is 5.21 Å². The highest BCUT2D eigenvalue weighted by molar-refractivity contribution is 7.92. The van der Waals surface area contributed by atoms with Gasteiger partial charge >= 0.3 is 5.97 Å². The van der Waals surface area contributed by atoms with Crippen LogP contribution in [0.5, 0.6) is 0 Å². The van der Waals surface area contributed by atoms with Crippen molar-refractivity contribution in [3.63, 3.8) is 0 Å². The fourth-order valence-electron chi connectivity index (χ4n) is 1.79. The van der Waals surface area contributed by atoms with E-state index in [2.05, 4.69) is 24.9 Å². The standard InChI is InChI=1S/C11H16N6O4S/c1-7(2)17-10(6-12-15-17)22(19,20)14-9-5-8(11(18)21-4)16(3)13-9/h5-7H,1-4H3,(H,13,14). The van der Waals surface area contributed by atoms with Gasteiger partial charge in [-0.25, -0.2) is 9.48 Å². The summed E-state index contributed by atoms with van der Waals surface area (Å²) in [6, 6.07) is 1.11. The van der Waals surface area contributed by atoms with E-state index in [1.807, 2.05) is 0 Å². The quantitative estimate of drug-likeness (QED) is 0.777. The fraction of sp³-hybridized carbons (Fsp3) is 0.455. The first-order valence-electron chi connectivity index (χ1n) is 6.31. The Kier molecular flexibility index (Phi) is 4.17. The number of ether oxygens (including phenoxy) is 1. The van der Waals surface area contributed by atoms with Crippen LogP contribution in [0.3, 0.4) is 0 Å². The number of hydrogen-bond donors (Lipinski definition) is 1. The number of hydrogen-bond acceptors (Lipinski definition) is 7. The third-order valence-corrected chi connectivity index (χ3v) is 4.14. The molecule has 0 spiro atoms. The van der Waals surface area contributed by atoms with Gasteiger partial charge in [0.25, 0.3) is 10.0 Å². The van der Waals surface area contributed by atoms with Crippen molar-refractivity contribution >= 4 is 21.8 Å². The molecule has 0 amide bonds. The maximum absolute atomic E-state index is 12.4.